The summed E-state index contributed by atoms with van der Waals surface area (Å²) in [7, 11) is 0. The molecule has 25 heavy (non-hydrogen) atoms. The Morgan fingerprint density at radius 3 is 2.64 bits per heavy atom. The van der Waals surface area contributed by atoms with E-state index in [0.29, 0.717) is 16.9 Å². The number of carbonyl (C=O) groups is 1. The van der Waals surface area contributed by atoms with Gasteiger partial charge in [0.1, 0.15) is 16.8 Å². The summed E-state index contributed by atoms with van der Waals surface area (Å²) in [5.41, 5.74) is 4.98. The standard InChI is InChI=1S/C19H15N3O2S/c1-11-3-8-16-17(9-11)25-19(21-16)13-4-6-14(7-5-13)20-18(23)15-10-24-22-12(15)2/h3-10H,1-2H3,(H,20,23). The van der Waals surface area contributed by atoms with E-state index in [2.05, 4.69) is 34.5 Å². The molecule has 0 bridgehead atoms. The van der Waals surface area contributed by atoms with Gasteiger partial charge < -0.3 is 9.84 Å². The number of amides is 1. The summed E-state index contributed by atoms with van der Waals surface area (Å²) in [6.07, 6.45) is 1.35. The molecule has 2 aromatic heterocycles. The largest absolute Gasteiger partial charge is 0.364 e. The van der Waals surface area contributed by atoms with Gasteiger partial charge in [-0.05, 0) is 55.8 Å². The van der Waals surface area contributed by atoms with E-state index < -0.39 is 0 Å². The summed E-state index contributed by atoms with van der Waals surface area (Å²) in [6, 6.07) is 13.9. The topological polar surface area (TPSA) is 68.0 Å². The zero-order chi connectivity index (χ0) is 17.4. The number of fused-ring (bicyclic) bond motifs is 1. The quantitative estimate of drug-likeness (QED) is 0.576. The van der Waals surface area contributed by atoms with Crippen molar-refractivity contribution in [2.24, 2.45) is 0 Å². The molecule has 4 rings (SSSR count). The van der Waals surface area contributed by atoms with Crippen LogP contribution in [0.5, 0.6) is 0 Å². The average molecular weight is 349 g/mol. The fraction of sp³-hybridized carbons (Fsp3) is 0.105. The second-order valence-electron chi connectivity index (χ2n) is 5.84. The van der Waals surface area contributed by atoms with Crippen molar-refractivity contribution < 1.29 is 9.32 Å². The number of carbonyl (C=O) groups excluding carboxylic acids is 1. The van der Waals surface area contributed by atoms with E-state index in [0.717, 1.165) is 16.1 Å². The van der Waals surface area contributed by atoms with Crippen LogP contribution in [0.1, 0.15) is 21.6 Å². The van der Waals surface area contributed by atoms with Crippen LogP contribution < -0.4 is 5.32 Å². The zero-order valence-electron chi connectivity index (χ0n) is 13.7. The number of hydrogen-bond donors (Lipinski definition) is 1. The van der Waals surface area contributed by atoms with Gasteiger partial charge in [0.25, 0.3) is 5.91 Å². The summed E-state index contributed by atoms with van der Waals surface area (Å²) in [4.78, 5) is 16.9. The van der Waals surface area contributed by atoms with Gasteiger partial charge in [0.15, 0.2) is 0 Å². The SMILES string of the molecule is Cc1ccc2nc(-c3ccc(NC(=O)c4conc4C)cc3)sc2c1. The Morgan fingerprint density at radius 2 is 1.92 bits per heavy atom. The lowest BCUT2D eigenvalue weighted by Gasteiger charge is -2.04. The summed E-state index contributed by atoms with van der Waals surface area (Å²) in [5.74, 6) is -0.234. The highest BCUT2D eigenvalue weighted by molar-refractivity contribution is 7.21. The van der Waals surface area contributed by atoms with E-state index in [-0.39, 0.29) is 5.91 Å². The number of nitrogens with one attached hydrogen (secondary N) is 1. The molecule has 2 aromatic carbocycles. The van der Waals surface area contributed by atoms with E-state index in [1.54, 1.807) is 18.3 Å². The second kappa shape index (κ2) is 6.14. The molecule has 0 aliphatic carbocycles. The molecule has 0 spiro atoms. The first-order chi connectivity index (χ1) is 12.1. The Balaban J connectivity index is 1.57. The summed E-state index contributed by atoms with van der Waals surface area (Å²) < 4.78 is 5.98. The Morgan fingerprint density at radius 1 is 1.12 bits per heavy atom. The molecule has 5 nitrogen and oxygen atoms in total. The van der Waals surface area contributed by atoms with Crippen LogP contribution in [0.15, 0.2) is 53.3 Å². The van der Waals surface area contributed by atoms with Crippen molar-refractivity contribution in [3.8, 4) is 10.6 Å². The van der Waals surface area contributed by atoms with Gasteiger partial charge in [-0.3, -0.25) is 4.79 Å². The second-order valence-corrected chi connectivity index (χ2v) is 6.87. The third-order valence-corrected chi connectivity index (χ3v) is 5.00. The lowest BCUT2D eigenvalue weighted by Crippen LogP contribution is -2.12. The number of anilines is 1. The number of thiazole rings is 1. The third kappa shape index (κ3) is 3.04. The number of hydrogen-bond acceptors (Lipinski definition) is 5. The Kier molecular flexibility index (Phi) is 3.82. The first-order valence-electron chi connectivity index (χ1n) is 7.80. The molecule has 1 N–H and O–H groups in total. The van der Waals surface area contributed by atoms with E-state index in [1.165, 1.54) is 16.5 Å². The molecule has 124 valence electrons. The van der Waals surface area contributed by atoms with E-state index in [4.69, 9.17) is 4.52 Å². The van der Waals surface area contributed by atoms with Crippen LogP contribution in [-0.4, -0.2) is 16.0 Å². The van der Waals surface area contributed by atoms with Crippen molar-refractivity contribution in [3.63, 3.8) is 0 Å². The number of nitrogens with zero attached hydrogens (tertiary/aromatic N) is 2. The number of aryl methyl sites for hydroxylation is 2. The van der Waals surface area contributed by atoms with Gasteiger partial charge in [-0.15, -0.1) is 11.3 Å². The van der Waals surface area contributed by atoms with Gasteiger partial charge in [-0.1, -0.05) is 11.2 Å². The summed E-state index contributed by atoms with van der Waals surface area (Å²) in [6.45, 7) is 3.81. The molecule has 0 fully saturated rings. The number of benzene rings is 2. The molecule has 2 heterocycles. The van der Waals surface area contributed by atoms with Gasteiger partial charge in [-0.25, -0.2) is 4.98 Å². The zero-order valence-corrected chi connectivity index (χ0v) is 14.6. The monoisotopic (exact) mass is 349 g/mol. The van der Waals surface area contributed by atoms with Gasteiger partial charge in [-0.2, -0.15) is 0 Å². The molecule has 0 aliphatic rings. The Labute approximate surface area is 148 Å². The molecule has 0 radical (unpaired) electrons. The van der Waals surface area contributed by atoms with Gasteiger partial charge in [0.2, 0.25) is 0 Å². The molecular formula is C19H15N3O2S. The minimum Gasteiger partial charge on any atom is -0.364 e. The summed E-state index contributed by atoms with van der Waals surface area (Å²) in [5, 5.41) is 7.53. The summed E-state index contributed by atoms with van der Waals surface area (Å²) >= 11 is 1.67. The molecule has 0 saturated heterocycles. The van der Waals surface area contributed by atoms with Gasteiger partial charge in [0.05, 0.1) is 15.9 Å². The molecule has 0 saturated carbocycles. The van der Waals surface area contributed by atoms with Crippen LogP contribution >= 0.6 is 11.3 Å². The van der Waals surface area contributed by atoms with Crippen molar-refractivity contribution in [3.05, 3.63) is 65.5 Å². The molecule has 1 amide bonds. The van der Waals surface area contributed by atoms with Gasteiger partial charge >= 0.3 is 0 Å². The van der Waals surface area contributed by atoms with Crippen molar-refractivity contribution in [2.45, 2.75) is 13.8 Å². The maximum Gasteiger partial charge on any atom is 0.260 e. The van der Waals surface area contributed by atoms with E-state index >= 15 is 0 Å². The number of aromatic nitrogens is 2. The minimum atomic E-state index is -0.234. The van der Waals surface area contributed by atoms with Crippen LogP contribution in [0, 0.1) is 13.8 Å². The molecule has 4 aromatic rings. The third-order valence-electron chi connectivity index (χ3n) is 3.93. The van der Waals surface area contributed by atoms with Crippen molar-refractivity contribution in [2.75, 3.05) is 5.32 Å². The lowest BCUT2D eigenvalue weighted by molar-refractivity contribution is 0.102. The lowest BCUT2D eigenvalue weighted by atomic mass is 10.2. The fourth-order valence-corrected chi connectivity index (χ4v) is 3.63. The van der Waals surface area contributed by atoms with Crippen LogP contribution in [0.25, 0.3) is 20.8 Å². The molecule has 0 aliphatic heterocycles. The molecule has 0 atom stereocenters. The van der Waals surface area contributed by atoms with E-state index in [1.807, 2.05) is 30.3 Å². The maximum absolute atomic E-state index is 12.2. The highest BCUT2D eigenvalue weighted by Crippen LogP contribution is 2.31. The maximum atomic E-state index is 12.2. The van der Waals surface area contributed by atoms with Crippen LogP contribution in [0.2, 0.25) is 0 Å². The van der Waals surface area contributed by atoms with Crippen molar-refractivity contribution in [1.82, 2.24) is 10.1 Å². The van der Waals surface area contributed by atoms with Gasteiger partial charge in [0, 0.05) is 11.3 Å². The smallest absolute Gasteiger partial charge is 0.260 e. The highest BCUT2D eigenvalue weighted by Gasteiger charge is 2.13. The average Bonchev–Trinajstić information content (AvgIpc) is 3.21. The molecule has 0 unspecified atom stereocenters. The van der Waals surface area contributed by atoms with Crippen molar-refractivity contribution >= 4 is 33.1 Å². The Hall–Kier alpha value is -2.99. The van der Waals surface area contributed by atoms with Crippen LogP contribution in [0.3, 0.4) is 0 Å². The number of rotatable bonds is 3. The minimum absolute atomic E-state index is 0.234. The highest BCUT2D eigenvalue weighted by atomic mass is 32.1. The fourth-order valence-electron chi connectivity index (χ4n) is 2.56. The van der Waals surface area contributed by atoms with Crippen molar-refractivity contribution in [1.29, 1.82) is 0 Å². The molecule has 6 heteroatoms. The normalized spacial score (nSPS) is 11.0. The predicted octanol–water partition coefficient (Wildman–Crippen LogP) is 4.82. The first-order valence-corrected chi connectivity index (χ1v) is 8.62. The first kappa shape index (κ1) is 15.5. The van der Waals surface area contributed by atoms with Crippen LogP contribution in [-0.2, 0) is 0 Å². The molecular weight excluding hydrogens is 334 g/mol. The van der Waals surface area contributed by atoms with E-state index in [9.17, 15) is 4.79 Å². The van der Waals surface area contributed by atoms with Crippen LogP contribution in [0.4, 0.5) is 5.69 Å². The Bertz CT molecular complexity index is 1060. The predicted molar refractivity (Wildman–Crippen MR) is 99.0 cm³/mol.